The Balaban J connectivity index is 3.38. The van der Waals surface area contributed by atoms with Gasteiger partial charge in [0.05, 0.1) is 10.6 Å². The Kier molecular flexibility index (Phi) is 4.46. The fourth-order valence-corrected chi connectivity index (χ4v) is 1.93. The van der Waals surface area contributed by atoms with Crippen molar-refractivity contribution in [2.75, 3.05) is 11.9 Å². The quantitative estimate of drug-likeness (QED) is 0.382. The Labute approximate surface area is 113 Å². The maximum atomic E-state index is 8.86. The Morgan fingerprint density at radius 3 is 2.61 bits per heavy atom. The van der Waals surface area contributed by atoms with Gasteiger partial charge in [-0.1, -0.05) is 29.7 Å². The molecule has 0 radical (unpaired) electrons. The van der Waals surface area contributed by atoms with E-state index in [1.807, 2.05) is 19.2 Å². The van der Waals surface area contributed by atoms with Crippen LogP contribution in [-0.2, 0) is 0 Å². The van der Waals surface area contributed by atoms with E-state index in [0.29, 0.717) is 10.6 Å². The summed E-state index contributed by atoms with van der Waals surface area (Å²) in [6.45, 7) is 6.37. The predicted molar refractivity (Wildman–Crippen MR) is 76.7 cm³/mol. The molecular formula is C13H20ClN3O. The highest BCUT2D eigenvalue weighted by atomic mass is 35.5. The molecule has 1 aromatic rings. The highest BCUT2D eigenvalue weighted by Gasteiger charge is 2.25. The predicted octanol–water partition coefficient (Wildman–Crippen LogP) is 3.06. The Bertz CT molecular complexity index is 458. The van der Waals surface area contributed by atoms with Crippen molar-refractivity contribution in [1.29, 1.82) is 0 Å². The van der Waals surface area contributed by atoms with E-state index in [4.69, 9.17) is 22.5 Å². The second-order valence-corrected chi connectivity index (χ2v) is 5.25. The van der Waals surface area contributed by atoms with Crippen molar-refractivity contribution < 1.29 is 5.21 Å². The van der Waals surface area contributed by atoms with Crippen LogP contribution in [0.5, 0.6) is 0 Å². The highest BCUT2D eigenvalue weighted by molar-refractivity contribution is 6.34. The van der Waals surface area contributed by atoms with Crippen LogP contribution >= 0.6 is 11.6 Å². The van der Waals surface area contributed by atoms with Crippen LogP contribution in [0.1, 0.15) is 32.8 Å². The number of oxime groups is 1. The molecule has 4 nitrogen and oxygen atoms in total. The van der Waals surface area contributed by atoms with Gasteiger partial charge in [-0.05, 0) is 32.4 Å². The summed E-state index contributed by atoms with van der Waals surface area (Å²) in [7, 11) is 1.98. The van der Waals surface area contributed by atoms with E-state index in [2.05, 4.69) is 30.8 Å². The van der Waals surface area contributed by atoms with Gasteiger partial charge in [-0.15, -0.1) is 0 Å². The lowest BCUT2D eigenvalue weighted by Gasteiger charge is -2.38. The fraction of sp³-hybridized carbons (Fsp3) is 0.462. The van der Waals surface area contributed by atoms with Gasteiger partial charge >= 0.3 is 0 Å². The maximum absolute atomic E-state index is 8.86. The average molecular weight is 270 g/mol. The molecule has 1 rings (SSSR count). The number of nitrogens with two attached hydrogens (primary N) is 1. The van der Waals surface area contributed by atoms with Crippen molar-refractivity contribution in [2.24, 2.45) is 10.9 Å². The lowest BCUT2D eigenvalue weighted by atomic mass is 9.97. The van der Waals surface area contributed by atoms with Gasteiger partial charge in [0.15, 0.2) is 5.84 Å². The molecule has 5 heteroatoms. The second-order valence-electron chi connectivity index (χ2n) is 4.84. The molecule has 0 aliphatic heterocycles. The third-order valence-electron chi connectivity index (χ3n) is 3.49. The smallest absolute Gasteiger partial charge is 0.173 e. The van der Waals surface area contributed by atoms with E-state index in [1.165, 1.54) is 0 Å². The Morgan fingerprint density at radius 1 is 1.50 bits per heavy atom. The molecule has 1 aromatic carbocycles. The minimum absolute atomic E-state index is 0.0225. The first kappa shape index (κ1) is 14.6. The molecule has 0 saturated carbocycles. The summed E-state index contributed by atoms with van der Waals surface area (Å²) in [5, 5.41) is 12.4. The summed E-state index contributed by atoms with van der Waals surface area (Å²) < 4.78 is 0. The molecule has 0 aliphatic rings. The van der Waals surface area contributed by atoms with E-state index in [-0.39, 0.29) is 11.4 Å². The van der Waals surface area contributed by atoms with Crippen molar-refractivity contribution in [3.8, 4) is 0 Å². The van der Waals surface area contributed by atoms with Crippen LogP contribution < -0.4 is 10.6 Å². The number of hydrogen-bond acceptors (Lipinski definition) is 3. The molecule has 100 valence electrons. The van der Waals surface area contributed by atoms with Gasteiger partial charge in [-0.3, -0.25) is 0 Å². The number of nitrogens with zero attached hydrogens (tertiary/aromatic N) is 2. The number of anilines is 1. The lowest BCUT2D eigenvalue weighted by Crippen LogP contribution is -2.41. The van der Waals surface area contributed by atoms with Crippen molar-refractivity contribution in [3.05, 3.63) is 28.8 Å². The first-order chi connectivity index (χ1) is 8.35. The molecule has 0 saturated heterocycles. The molecule has 0 heterocycles. The van der Waals surface area contributed by atoms with Gasteiger partial charge in [0.2, 0.25) is 0 Å². The van der Waals surface area contributed by atoms with Gasteiger partial charge in [0, 0.05) is 18.3 Å². The molecule has 0 fully saturated rings. The van der Waals surface area contributed by atoms with Crippen LogP contribution in [0.15, 0.2) is 23.4 Å². The van der Waals surface area contributed by atoms with E-state index in [0.717, 1.165) is 12.1 Å². The topological polar surface area (TPSA) is 61.8 Å². The zero-order valence-corrected chi connectivity index (χ0v) is 12.0. The van der Waals surface area contributed by atoms with Crippen LogP contribution in [0, 0.1) is 0 Å². The number of halogens is 1. The maximum Gasteiger partial charge on any atom is 0.173 e. The normalized spacial score (nSPS) is 12.6. The van der Waals surface area contributed by atoms with E-state index in [9.17, 15) is 0 Å². The Morgan fingerprint density at radius 2 is 2.11 bits per heavy atom. The molecule has 0 spiro atoms. The third-order valence-corrected chi connectivity index (χ3v) is 3.81. The molecule has 3 N–H and O–H groups in total. The molecule has 0 bridgehead atoms. The molecule has 18 heavy (non-hydrogen) atoms. The minimum Gasteiger partial charge on any atom is -0.409 e. The fourth-order valence-electron chi connectivity index (χ4n) is 1.66. The van der Waals surface area contributed by atoms with Crippen LogP contribution in [-0.4, -0.2) is 23.6 Å². The number of rotatable bonds is 4. The van der Waals surface area contributed by atoms with Crippen LogP contribution in [0.3, 0.4) is 0 Å². The lowest BCUT2D eigenvalue weighted by molar-refractivity contribution is 0.318. The van der Waals surface area contributed by atoms with E-state index in [1.54, 1.807) is 6.07 Å². The summed E-state index contributed by atoms with van der Waals surface area (Å²) in [6.07, 6.45) is 0.964. The summed E-state index contributed by atoms with van der Waals surface area (Å²) in [5.74, 6) is 0.0225. The standard InChI is InChI=1S/C13H20ClN3O/c1-5-13(2,3)17(4)10-8-6-7-9(14)11(10)12(15)16-18/h6-8,18H,5H2,1-4H3,(H2,15,16). The molecule has 0 atom stereocenters. The summed E-state index contributed by atoms with van der Waals surface area (Å²) in [4.78, 5) is 2.09. The van der Waals surface area contributed by atoms with E-state index < -0.39 is 0 Å². The minimum atomic E-state index is -0.0465. The van der Waals surface area contributed by atoms with Crippen molar-refractivity contribution in [1.82, 2.24) is 0 Å². The van der Waals surface area contributed by atoms with Gasteiger partial charge in [0.25, 0.3) is 0 Å². The third kappa shape index (κ3) is 2.70. The second kappa shape index (κ2) is 5.48. The number of hydrogen-bond donors (Lipinski definition) is 2. The van der Waals surface area contributed by atoms with Crippen molar-refractivity contribution in [2.45, 2.75) is 32.7 Å². The van der Waals surface area contributed by atoms with Crippen LogP contribution in [0.4, 0.5) is 5.69 Å². The summed E-state index contributed by atoms with van der Waals surface area (Å²) >= 11 is 6.14. The van der Waals surface area contributed by atoms with Crippen molar-refractivity contribution >= 4 is 23.1 Å². The van der Waals surface area contributed by atoms with Crippen molar-refractivity contribution in [3.63, 3.8) is 0 Å². The van der Waals surface area contributed by atoms with Gasteiger partial charge < -0.3 is 15.8 Å². The molecule has 0 unspecified atom stereocenters. The number of benzene rings is 1. The first-order valence-corrected chi connectivity index (χ1v) is 6.23. The van der Waals surface area contributed by atoms with Crippen LogP contribution in [0.2, 0.25) is 5.02 Å². The highest BCUT2D eigenvalue weighted by Crippen LogP contribution is 2.31. The molecule has 0 amide bonds. The first-order valence-electron chi connectivity index (χ1n) is 5.85. The average Bonchev–Trinajstić information content (AvgIpc) is 2.36. The van der Waals surface area contributed by atoms with E-state index >= 15 is 0 Å². The molecular weight excluding hydrogens is 250 g/mol. The van der Waals surface area contributed by atoms with Crippen LogP contribution in [0.25, 0.3) is 0 Å². The SMILES string of the molecule is CCC(C)(C)N(C)c1cccc(Cl)c1C(N)=NO. The summed E-state index contributed by atoms with van der Waals surface area (Å²) in [6, 6.07) is 5.50. The zero-order valence-electron chi connectivity index (χ0n) is 11.2. The van der Waals surface area contributed by atoms with Gasteiger partial charge in [0.1, 0.15) is 0 Å². The van der Waals surface area contributed by atoms with Gasteiger partial charge in [-0.2, -0.15) is 0 Å². The largest absolute Gasteiger partial charge is 0.409 e. The number of amidine groups is 1. The zero-order chi connectivity index (χ0) is 13.9. The summed E-state index contributed by atoms with van der Waals surface area (Å²) in [5.41, 5.74) is 7.07. The Hall–Kier alpha value is -1.42. The monoisotopic (exact) mass is 269 g/mol. The molecule has 0 aromatic heterocycles. The van der Waals surface area contributed by atoms with Gasteiger partial charge in [-0.25, -0.2) is 0 Å². The molecule has 0 aliphatic carbocycles.